The fourth-order valence-electron chi connectivity index (χ4n) is 2.99. The monoisotopic (exact) mass is 304 g/mol. The van der Waals surface area contributed by atoms with Gasteiger partial charge < -0.3 is 15.8 Å². The van der Waals surface area contributed by atoms with Gasteiger partial charge in [-0.25, -0.2) is 0 Å². The lowest BCUT2D eigenvalue weighted by Crippen LogP contribution is -2.20. The first-order valence-corrected chi connectivity index (χ1v) is 7.76. The van der Waals surface area contributed by atoms with Crippen LogP contribution in [0.25, 0.3) is 0 Å². The number of nitrogens with one attached hydrogen (secondary N) is 1. The number of ether oxygens (including phenoxy) is 1. The Balaban J connectivity index is 2.62. The number of Topliss-reactive ketones (excluding diaryl/α,β-unsaturated/α-hetero) is 1. The molecule has 120 valence electrons. The molecular formula is C17H24N2O3. The molecule has 1 fully saturated rings. The summed E-state index contributed by atoms with van der Waals surface area (Å²) in [5.74, 6) is 0.121. The van der Waals surface area contributed by atoms with E-state index in [1.165, 1.54) is 7.11 Å². The third kappa shape index (κ3) is 2.99. The predicted octanol–water partition coefficient (Wildman–Crippen LogP) is 2.10. The second kappa shape index (κ2) is 6.92. The number of benzene rings is 1. The van der Waals surface area contributed by atoms with Gasteiger partial charge in [0, 0.05) is 29.5 Å². The van der Waals surface area contributed by atoms with Gasteiger partial charge in [-0.05, 0) is 25.5 Å². The van der Waals surface area contributed by atoms with Crippen LogP contribution < -0.4 is 15.8 Å². The van der Waals surface area contributed by atoms with Crippen molar-refractivity contribution >= 4 is 11.7 Å². The predicted molar refractivity (Wildman–Crippen MR) is 85.5 cm³/mol. The molecule has 0 aromatic heterocycles. The number of hydrogen-bond donors (Lipinski definition) is 2. The molecule has 0 bridgehead atoms. The van der Waals surface area contributed by atoms with Gasteiger partial charge in [0.05, 0.1) is 12.7 Å². The maximum absolute atomic E-state index is 12.7. The summed E-state index contributed by atoms with van der Waals surface area (Å²) in [6.07, 6.45) is 1.69. The Hall–Kier alpha value is -1.88. The van der Waals surface area contributed by atoms with Crippen LogP contribution in [0, 0.1) is 5.92 Å². The van der Waals surface area contributed by atoms with Crippen LogP contribution in [0.3, 0.4) is 0 Å². The highest BCUT2D eigenvalue weighted by molar-refractivity contribution is 6.03. The standard InChI is InChI=1S/C17H24N2O3/c1-4-10(2)15(20)12-5-6-13(17(18)21)16(22-3)14(12)11-7-8-19-9-11/h5-6,10-11,19H,4,7-9H2,1-3H3,(H2,18,21). The molecule has 1 heterocycles. The fraction of sp³-hybridized carbons (Fsp3) is 0.529. The second-order valence-corrected chi connectivity index (χ2v) is 5.84. The van der Waals surface area contributed by atoms with Crippen LogP contribution in [-0.4, -0.2) is 31.9 Å². The van der Waals surface area contributed by atoms with Gasteiger partial charge in [0.25, 0.3) is 5.91 Å². The highest BCUT2D eigenvalue weighted by Crippen LogP contribution is 2.37. The average molecular weight is 304 g/mol. The lowest BCUT2D eigenvalue weighted by Gasteiger charge is -2.21. The Bertz CT molecular complexity index is 578. The summed E-state index contributed by atoms with van der Waals surface area (Å²) in [6.45, 7) is 5.59. The van der Waals surface area contributed by atoms with Gasteiger partial charge in [-0.3, -0.25) is 9.59 Å². The molecular weight excluding hydrogens is 280 g/mol. The number of carbonyl (C=O) groups excluding carboxylic acids is 2. The van der Waals surface area contributed by atoms with Gasteiger partial charge in [0.1, 0.15) is 5.75 Å². The molecule has 5 heteroatoms. The summed E-state index contributed by atoms with van der Waals surface area (Å²) in [5, 5.41) is 3.30. The number of hydrogen-bond acceptors (Lipinski definition) is 4. The number of carbonyl (C=O) groups is 2. The normalized spacial score (nSPS) is 19.0. The maximum Gasteiger partial charge on any atom is 0.252 e. The van der Waals surface area contributed by atoms with E-state index < -0.39 is 5.91 Å². The molecule has 1 amide bonds. The first kappa shape index (κ1) is 16.5. The molecule has 0 spiro atoms. The fourth-order valence-corrected chi connectivity index (χ4v) is 2.99. The van der Waals surface area contributed by atoms with E-state index in [4.69, 9.17) is 10.5 Å². The largest absolute Gasteiger partial charge is 0.496 e. The van der Waals surface area contributed by atoms with Gasteiger partial charge in [0.15, 0.2) is 5.78 Å². The van der Waals surface area contributed by atoms with E-state index in [-0.39, 0.29) is 17.6 Å². The molecule has 2 rings (SSSR count). The van der Waals surface area contributed by atoms with E-state index in [2.05, 4.69) is 5.32 Å². The van der Waals surface area contributed by atoms with Crippen LogP contribution in [0.1, 0.15) is 58.9 Å². The number of rotatable bonds is 6. The Morgan fingerprint density at radius 2 is 2.09 bits per heavy atom. The molecule has 1 aromatic carbocycles. The number of methoxy groups -OCH3 is 1. The Morgan fingerprint density at radius 1 is 1.41 bits per heavy atom. The summed E-state index contributed by atoms with van der Waals surface area (Å²) in [6, 6.07) is 3.33. The minimum Gasteiger partial charge on any atom is -0.496 e. The van der Waals surface area contributed by atoms with Crippen LogP contribution in [0.15, 0.2) is 12.1 Å². The minimum atomic E-state index is -0.536. The van der Waals surface area contributed by atoms with Crippen molar-refractivity contribution in [1.82, 2.24) is 5.32 Å². The molecule has 2 atom stereocenters. The lowest BCUT2D eigenvalue weighted by molar-refractivity contribution is 0.0923. The van der Waals surface area contributed by atoms with E-state index in [9.17, 15) is 9.59 Å². The SMILES string of the molecule is CCC(C)C(=O)c1ccc(C(N)=O)c(OC)c1C1CCNC1. The summed E-state index contributed by atoms with van der Waals surface area (Å²) in [7, 11) is 1.52. The molecule has 0 saturated carbocycles. The Labute approximate surface area is 131 Å². The first-order valence-electron chi connectivity index (χ1n) is 7.76. The number of amides is 1. The van der Waals surface area contributed by atoms with Crippen LogP contribution >= 0.6 is 0 Å². The molecule has 5 nitrogen and oxygen atoms in total. The second-order valence-electron chi connectivity index (χ2n) is 5.84. The molecule has 1 saturated heterocycles. The zero-order valence-corrected chi connectivity index (χ0v) is 13.4. The van der Waals surface area contributed by atoms with Crippen molar-refractivity contribution in [2.24, 2.45) is 11.7 Å². The van der Waals surface area contributed by atoms with Crippen LogP contribution in [0.2, 0.25) is 0 Å². The topological polar surface area (TPSA) is 81.4 Å². The van der Waals surface area contributed by atoms with Crippen molar-refractivity contribution in [2.45, 2.75) is 32.6 Å². The molecule has 0 radical (unpaired) electrons. The van der Waals surface area contributed by atoms with Crippen molar-refractivity contribution in [3.05, 3.63) is 28.8 Å². The quantitative estimate of drug-likeness (QED) is 0.789. The van der Waals surface area contributed by atoms with Gasteiger partial charge in [-0.15, -0.1) is 0 Å². The number of ketones is 1. The first-order chi connectivity index (χ1) is 10.5. The van der Waals surface area contributed by atoms with Gasteiger partial charge >= 0.3 is 0 Å². The van der Waals surface area contributed by atoms with Crippen molar-refractivity contribution in [3.8, 4) is 5.75 Å². The van der Waals surface area contributed by atoms with E-state index in [0.29, 0.717) is 16.9 Å². The zero-order valence-electron chi connectivity index (χ0n) is 13.4. The van der Waals surface area contributed by atoms with Crippen molar-refractivity contribution in [3.63, 3.8) is 0 Å². The minimum absolute atomic E-state index is 0.0581. The van der Waals surface area contributed by atoms with E-state index >= 15 is 0 Å². The third-order valence-corrected chi connectivity index (χ3v) is 4.46. The molecule has 1 aliphatic heterocycles. The van der Waals surface area contributed by atoms with Gasteiger partial charge in [-0.1, -0.05) is 19.9 Å². The average Bonchev–Trinajstić information content (AvgIpc) is 3.05. The third-order valence-electron chi connectivity index (χ3n) is 4.46. The number of primary amides is 1. The summed E-state index contributed by atoms with van der Waals surface area (Å²) < 4.78 is 5.47. The molecule has 22 heavy (non-hydrogen) atoms. The molecule has 1 aromatic rings. The molecule has 2 unspecified atom stereocenters. The Kier molecular flexibility index (Phi) is 5.19. The zero-order chi connectivity index (χ0) is 16.3. The van der Waals surface area contributed by atoms with Crippen molar-refractivity contribution in [2.75, 3.05) is 20.2 Å². The maximum atomic E-state index is 12.7. The highest BCUT2D eigenvalue weighted by atomic mass is 16.5. The van der Waals surface area contributed by atoms with Crippen molar-refractivity contribution in [1.29, 1.82) is 0 Å². The summed E-state index contributed by atoms with van der Waals surface area (Å²) >= 11 is 0. The smallest absolute Gasteiger partial charge is 0.252 e. The Morgan fingerprint density at radius 3 is 2.59 bits per heavy atom. The van der Waals surface area contributed by atoms with E-state index in [0.717, 1.165) is 31.5 Å². The van der Waals surface area contributed by atoms with E-state index in [1.807, 2.05) is 13.8 Å². The van der Waals surface area contributed by atoms with Crippen LogP contribution in [0.4, 0.5) is 0 Å². The molecule has 0 aliphatic carbocycles. The van der Waals surface area contributed by atoms with Crippen molar-refractivity contribution < 1.29 is 14.3 Å². The van der Waals surface area contributed by atoms with Gasteiger partial charge in [-0.2, -0.15) is 0 Å². The molecule has 3 N–H and O–H groups in total. The highest BCUT2D eigenvalue weighted by Gasteiger charge is 2.30. The molecule has 1 aliphatic rings. The lowest BCUT2D eigenvalue weighted by atomic mass is 9.85. The van der Waals surface area contributed by atoms with Crippen LogP contribution in [0.5, 0.6) is 5.75 Å². The summed E-state index contributed by atoms with van der Waals surface area (Å²) in [5.41, 5.74) is 7.27. The van der Waals surface area contributed by atoms with E-state index in [1.54, 1.807) is 12.1 Å². The number of nitrogens with two attached hydrogens (primary N) is 1. The van der Waals surface area contributed by atoms with Gasteiger partial charge in [0.2, 0.25) is 0 Å². The van der Waals surface area contributed by atoms with Crippen LogP contribution in [-0.2, 0) is 0 Å². The summed E-state index contributed by atoms with van der Waals surface area (Å²) in [4.78, 5) is 24.4.